The van der Waals surface area contributed by atoms with Crippen molar-refractivity contribution in [1.29, 1.82) is 0 Å². The number of nitrogens with zero attached hydrogens (tertiary/aromatic N) is 1. The van der Waals surface area contributed by atoms with Crippen molar-refractivity contribution >= 4 is 28.5 Å². The van der Waals surface area contributed by atoms with Crippen LogP contribution in [0.3, 0.4) is 0 Å². The third-order valence-corrected chi connectivity index (χ3v) is 3.45. The summed E-state index contributed by atoms with van der Waals surface area (Å²) in [5.74, 6) is 0.0187. The molecule has 4 heteroatoms. The number of carbonyl (C=O) groups is 1. The van der Waals surface area contributed by atoms with E-state index in [0.717, 1.165) is 9.13 Å². The molecule has 2 rings (SSSR count). The molecule has 0 unspecified atom stereocenters. The van der Waals surface area contributed by atoms with E-state index in [-0.39, 0.29) is 5.91 Å². The number of β-amino-alcohol motifs (C(OH)–C–C–N with tert-alkyl or cyclic N) is 1. The number of likely N-dealkylation sites (tertiary alicyclic amines) is 1. The summed E-state index contributed by atoms with van der Waals surface area (Å²) in [6, 6.07) is 7.76. The number of hydrogen-bond acceptors (Lipinski definition) is 2. The highest BCUT2D eigenvalue weighted by molar-refractivity contribution is 14.1. The number of benzene rings is 1. The molecule has 0 aliphatic carbocycles. The van der Waals surface area contributed by atoms with Gasteiger partial charge in [0.05, 0.1) is 13.1 Å². The van der Waals surface area contributed by atoms with Gasteiger partial charge < -0.3 is 10.0 Å². The number of aliphatic hydroxyl groups is 1. The van der Waals surface area contributed by atoms with Crippen LogP contribution >= 0.6 is 22.6 Å². The Kier molecular flexibility index (Phi) is 2.72. The second-order valence-corrected chi connectivity index (χ2v) is 5.16. The van der Waals surface area contributed by atoms with Crippen molar-refractivity contribution in [3.05, 3.63) is 33.4 Å². The largest absolute Gasteiger partial charge is 0.381 e. The molecule has 3 nitrogen and oxygen atoms in total. The summed E-state index contributed by atoms with van der Waals surface area (Å²) in [5.41, 5.74) is 0.0520. The van der Waals surface area contributed by atoms with E-state index >= 15 is 0 Å². The maximum atomic E-state index is 11.0. The average Bonchev–Trinajstić information content (AvgIpc) is 2.13. The summed E-state index contributed by atoms with van der Waals surface area (Å²) in [5, 5.41) is 10.2. The van der Waals surface area contributed by atoms with Gasteiger partial charge in [0, 0.05) is 10.5 Å². The van der Waals surface area contributed by atoms with Crippen molar-refractivity contribution in [1.82, 2.24) is 4.90 Å². The van der Waals surface area contributed by atoms with Gasteiger partial charge in [0.2, 0.25) is 5.91 Å². The lowest BCUT2D eigenvalue weighted by atomic mass is 9.86. The maximum Gasteiger partial charge on any atom is 0.219 e. The quantitative estimate of drug-likeness (QED) is 0.794. The smallest absolute Gasteiger partial charge is 0.219 e. The van der Waals surface area contributed by atoms with Crippen molar-refractivity contribution in [2.45, 2.75) is 12.5 Å². The van der Waals surface area contributed by atoms with E-state index < -0.39 is 5.60 Å². The highest BCUT2D eigenvalue weighted by Crippen LogP contribution is 2.31. The van der Waals surface area contributed by atoms with Crippen molar-refractivity contribution in [3.63, 3.8) is 0 Å². The minimum Gasteiger partial charge on any atom is -0.381 e. The summed E-state index contributed by atoms with van der Waals surface area (Å²) >= 11 is 2.22. The monoisotopic (exact) mass is 317 g/mol. The van der Waals surface area contributed by atoms with Gasteiger partial charge in [-0.15, -0.1) is 0 Å². The Bertz CT molecular complexity index is 382. The van der Waals surface area contributed by atoms with E-state index in [1.807, 2.05) is 24.3 Å². The molecule has 1 aromatic carbocycles. The number of carbonyl (C=O) groups excluding carboxylic acids is 1. The average molecular weight is 317 g/mol. The Morgan fingerprint density at radius 3 is 2.40 bits per heavy atom. The van der Waals surface area contributed by atoms with E-state index in [4.69, 9.17) is 0 Å². The topological polar surface area (TPSA) is 40.5 Å². The number of halogens is 1. The maximum absolute atomic E-state index is 11.0. The fourth-order valence-electron chi connectivity index (χ4n) is 1.75. The molecule has 1 aliphatic rings. The molecule has 1 amide bonds. The van der Waals surface area contributed by atoms with Gasteiger partial charge in [-0.1, -0.05) is 12.1 Å². The van der Waals surface area contributed by atoms with Crippen molar-refractivity contribution in [2.75, 3.05) is 13.1 Å². The molecule has 0 bridgehead atoms. The Hall–Kier alpha value is -0.620. The minimum atomic E-state index is -0.837. The Morgan fingerprint density at radius 1 is 1.40 bits per heavy atom. The van der Waals surface area contributed by atoms with Crippen LogP contribution in [0.1, 0.15) is 12.5 Å². The summed E-state index contributed by atoms with van der Waals surface area (Å²) < 4.78 is 1.14. The molecule has 1 aliphatic heterocycles. The molecule has 1 saturated heterocycles. The molecule has 1 aromatic rings. The lowest BCUT2D eigenvalue weighted by molar-refractivity contribution is -0.154. The van der Waals surface area contributed by atoms with E-state index in [1.165, 1.54) is 6.92 Å². The van der Waals surface area contributed by atoms with E-state index in [1.54, 1.807) is 4.90 Å². The first-order valence-electron chi connectivity index (χ1n) is 4.75. The molecule has 0 spiro atoms. The molecule has 1 N–H and O–H groups in total. The normalized spacial score (nSPS) is 18.5. The predicted octanol–water partition coefficient (Wildman–Crippen LogP) is 1.34. The van der Waals surface area contributed by atoms with Crippen LogP contribution in [0.4, 0.5) is 0 Å². The summed E-state index contributed by atoms with van der Waals surface area (Å²) in [7, 11) is 0. The van der Waals surface area contributed by atoms with Crippen LogP contribution in [0, 0.1) is 3.57 Å². The fraction of sp³-hybridized carbons (Fsp3) is 0.364. The van der Waals surface area contributed by atoms with Crippen LogP contribution in [0.25, 0.3) is 0 Å². The van der Waals surface area contributed by atoms with Gasteiger partial charge >= 0.3 is 0 Å². The van der Waals surface area contributed by atoms with Crippen LogP contribution in [-0.4, -0.2) is 29.0 Å². The molecular formula is C11H12INO2. The van der Waals surface area contributed by atoms with Crippen LogP contribution in [-0.2, 0) is 10.4 Å². The SMILES string of the molecule is CC(=O)N1CC(O)(c2ccc(I)cc2)C1. The molecule has 15 heavy (non-hydrogen) atoms. The van der Waals surface area contributed by atoms with Crippen LogP contribution in [0.15, 0.2) is 24.3 Å². The van der Waals surface area contributed by atoms with Crippen molar-refractivity contribution in [2.24, 2.45) is 0 Å². The molecule has 1 heterocycles. The Labute approximate surface area is 102 Å². The molecule has 80 valence electrons. The summed E-state index contributed by atoms with van der Waals surface area (Å²) in [6.07, 6.45) is 0. The fourth-order valence-corrected chi connectivity index (χ4v) is 2.11. The number of hydrogen-bond donors (Lipinski definition) is 1. The third kappa shape index (κ3) is 2.01. The van der Waals surface area contributed by atoms with Gasteiger partial charge in [0.1, 0.15) is 5.60 Å². The van der Waals surface area contributed by atoms with Gasteiger partial charge in [0.15, 0.2) is 0 Å². The van der Waals surface area contributed by atoms with Crippen LogP contribution in [0.5, 0.6) is 0 Å². The molecule has 0 aromatic heterocycles. The minimum absolute atomic E-state index is 0.0187. The molecule has 0 saturated carbocycles. The second-order valence-electron chi connectivity index (χ2n) is 3.91. The zero-order chi connectivity index (χ0) is 11.1. The Morgan fingerprint density at radius 2 is 1.93 bits per heavy atom. The summed E-state index contributed by atoms with van der Waals surface area (Å²) in [6.45, 7) is 2.33. The van der Waals surface area contributed by atoms with Crippen LogP contribution in [0.2, 0.25) is 0 Å². The molecule has 0 radical (unpaired) electrons. The number of rotatable bonds is 1. The number of amides is 1. The highest BCUT2D eigenvalue weighted by atomic mass is 127. The van der Waals surface area contributed by atoms with Crippen molar-refractivity contribution < 1.29 is 9.90 Å². The first-order chi connectivity index (χ1) is 7.01. The van der Waals surface area contributed by atoms with Crippen molar-refractivity contribution in [3.8, 4) is 0 Å². The molecule has 1 fully saturated rings. The zero-order valence-corrected chi connectivity index (χ0v) is 10.6. The van der Waals surface area contributed by atoms with E-state index in [0.29, 0.717) is 13.1 Å². The Balaban J connectivity index is 2.13. The van der Waals surface area contributed by atoms with E-state index in [2.05, 4.69) is 22.6 Å². The molecule has 0 atom stereocenters. The third-order valence-electron chi connectivity index (χ3n) is 2.73. The zero-order valence-electron chi connectivity index (χ0n) is 8.40. The van der Waals surface area contributed by atoms with E-state index in [9.17, 15) is 9.90 Å². The standard InChI is InChI=1S/C11H12INO2/c1-8(14)13-6-11(15,7-13)9-2-4-10(12)5-3-9/h2-5,15H,6-7H2,1H3. The lowest BCUT2D eigenvalue weighted by Crippen LogP contribution is -2.60. The van der Waals surface area contributed by atoms with Gasteiger partial charge in [-0.2, -0.15) is 0 Å². The first-order valence-corrected chi connectivity index (χ1v) is 5.83. The van der Waals surface area contributed by atoms with Gasteiger partial charge in [-0.3, -0.25) is 4.79 Å². The highest BCUT2D eigenvalue weighted by Gasteiger charge is 2.43. The van der Waals surface area contributed by atoms with Gasteiger partial charge in [0.25, 0.3) is 0 Å². The van der Waals surface area contributed by atoms with Gasteiger partial charge in [-0.25, -0.2) is 0 Å². The van der Waals surface area contributed by atoms with Gasteiger partial charge in [-0.05, 0) is 40.3 Å². The second kappa shape index (κ2) is 3.75. The van der Waals surface area contributed by atoms with Crippen LogP contribution < -0.4 is 0 Å². The molecular weight excluding hydrogens is 305 g/mol. The first kappa shape index (κ1) is 10.9. The predicted molar refractivity (Wildman–Crippen MR) is 65.3 cm³/mol. The summed E-state index contributed by atoms with van der Waals surface area (Å²) in [4.78, 5) is 12.6. The lowest BCUT2D eigenvalue weighted by Gasteiger charge is -2.46.